The molecule has 0 aliphatic carbocycles. The van der Waals surface area contributed by atoms with Gasteiger partial charge in [-0.15, -0.1) is 11.3 Å². The van der Waals surface area contributed by atoms with Crippen LogP contribution in [0.15, 0.2) is 48.1 Å². The number of piperazine rings is 1. The van der Waals surface area contributed by atoms with Crippen molar-refractivity contribution in [3.8, 4) is 5.75 Å². The molecule has 2 aromatic heterocycles. The Bertz CT molecular complexity index is 921. The van der Waals surface area contributed by atoms with Gasteiger partial charge in [-0.3, -0.25) is 4.79 Å². The van der Waals surface area contributed by atoms with Crippen molar-refractivity contribution in [3.63, 3.8) is 0 Å². The molecule has 7 nitrogen and oxygen atoms in total. The summed E-state index contributed by atoms with van der Waals surface area (Å²) in [5.41, 5.74) is 1.59. The maximum atomic E-state index is 12.8. The zero-order chi connectivity index (χ0) is 19.3. The standard InChI is InChI=1S/C20H21N5O2S/c1-15-23-17(14-28-15)13-27-18-5-3-16(4-6-18)19(26)24-9-11-25(12-10-24)20-21-7-2-8-22-20/h2-8,14H,9-13H2,1H3. The van der Waals surface area contributed by atoms with Gasteiger partial charge < -0.3 is 14.5 Å². The summed E-state index contributed by atoms with van der Waals surface area (Å²) in [6.45, 7) is 5.16. The van der Waals surface area contributed by atoms with Gasteiger partial charge in [0.25, 0.3) is 5.91 Å². The number of rotatable bonds is 5. The lowest BCUT2D eigenvalue weighted by Gasteiger charge is -2.34. The third-order valence-corrected chi connectivity index (χ3v) is 5.38. The Labute approximate surface area is 167 Å². The molecule has 1 aromatic carbocycles. The molecule has 0 atom stereocenters. The first-order valence-corrected chi connectivity index (χ1v) is 10.0. The van der Waals surface area contributed by atoms with Crippen molar-refractivity contribution in [3.05, 3.63) is 64.4 Å². The SMILES string of the molecule is Cc1nc(COc2ccc(C(=O)N3CCN(c4ncccn4)CC3)cc2)cs1. The quantitative estimate of drug-likeness (QED) is 0.662. The van der Waals surface area contributed by atoms with Crippen molar-refractivity contribution in [2.24, 2.45) is 0 Å². The lowest BCUT2D eigenvalue weighted by atomic mass is 10.1. The van der Waals surface area contributed by atoms with E-state index in [4.69, 9.17) is 4.74 Å². The van der Waals surface area contributed by atoms with Gasteiger partial charge in [0.05, 0.1) is 10.7 Å². The fourth-order valence-corrected chi connectivity index (χ4v) is 3.67. The van der Waals surface area contributed by atoms with Gasteiger partial charge in [-0.1, -0.05) is 0 Å². The summed E-state index contributed by atoms with van der Waals surface area (Å²) >= 11 is 1.61. The van der Waals surface area contributed by atoms with Gasteiger partial charge >= 0.3 is 0 Å². The molecule has 4 rings (SSSR count). The van der Waals surface area contributed by atoms with Crippen LogP contribution in [0.1, 0.15) is 21.1 Å². The maximum absolute atomic E-state index is 12.8. The molecule has 28 heavy (non-hydrogen) atoms. The highest BCUT2D eigenvalue weighted by Crippen LogP contribution is 2.18. The van der Waals surface area contributed by atoms with Gasteiger partial charge in [0.15, 0.2) is 0 Å². The van der Waals surface area contributed by atoms with E-state index in [0.717, 1.165) is 29.5 Å². The van der Waals surface area contributed by atoms with Crippen LogP contribution in [0, 0.1) is 6.92 Å². The molecule has 0 unspecified atom stereocenters. The Hall–Kier alpha value is -3.00. The monoisotopic (exact) mass is 395 g/mol. The number of carbonyl (C=O) groups excluding carboxylic acids is 1. The predicted molar refractivity (Wildman–Crippen MR) is 108 cm³/mol. The van der Waals surface area contributed by atoms with Gasteiger partial charge in [0.1, 0.15) is 12.4 Å². The number of carbonyl (C=O) groups is 1. The molecular weight excluding hydrogens is 374 g/mol. The first-order chi connectivity index (χ1) is 13.7. The number of hydrogen-bond acceptors (Lipinski definition) is 7. The smallest absolute Gasteiger partial charge is 0.253 e. The molecule has 3 aromatic rings. The van der Waals surface area contributed by atoms with Crippen LogP contribution in [0.25, 0.3) is 0 Å². The third kappa shape index (κ3) is 4.28. The molecule has 3 heterocycles. The van der Waals surface area contributed by atoms with E-state index in [1.807, 2.05) is 41.5 Å². The van der Waals surface area contributed by atoms with Crippen molar-refractivity contribution in [1.29, 1.82) is 0 Å². The van der Waals surface area contributed by atoms with Crippen LogP contribution in [-0.2, 0) is 6.61 Å². The summed E-state index contributed by atoms with van der Waals surface area (Å²) in [6.07, 6.45) is 3.47. The number of thiazole rings is 1. The Kier molecular flexibility index (Phi) is 5.48. The first kappa shape index (κ1) is 18.4. The van der Waals surface area contributed by atoms with Crippen LogP contribution in [0.3, 0.4) is 0 Å². The molecule has 0 N–H and O–H groups in total. The van der Waals surface area contributed by atoms with Crippen LogP contribution < -0.4 is 9.64 Å². The number of aromatic nitrogens is 3. The van der Waals surface area contributed by atoms with E-state index < -0.39 is 0 Å². The average Bonchev–Trinajstić information content (AvgIpc) is 3.18. The van der Waals surface area contributed by atoms with E-state index >= 15 is 0 Å². The highest BCUT2D eigenvalue weighted by Gasteiger charge is 2.23. The molecular formula is C20H21N5O2S. The summed E-state index contributed by atoms with van der Waals surface area (Å²) in [5.74, 6) is 1.48. The summed E-state index contributed by atoms with van der Waals surface area (Å²) < 4.78 is 5.75. The molecule has 0 radical (unpaired) electrons. The van der Waals surface area contributed by atoms with Gasteiger partial charge in [-0.2, -0.15) is 0 Å². The van der Waals surface area contributed by atoms with E-state index in [9.17, 15) is 4.79 Å². The maximum Gasteiger partial charge on any atom is 0.253 e. The minimum Gasteiger partial charge on any atom is -0.487 e. The van der Waals surface area contributed by atoms with E-state index in [0.29, 0.717) is 31.2 Å². The van der Waals surface area contributed by atoms with Crippen LogP contribution in [0.4, 0.5) is 5.95 Å². The highest BCUT2D eigenvalue weighted by atomic mass is 32.1. The number of amides is 1. The second-order valence-electron chi connectivity index (χ2n) is 6.50. The van der Waals surface area contributed by atoms with E-state index in [1.165, 1.54) is 0 Å². The molecule has 1 saturated heterocycles. The second-order valence-corrected chi connectivity index (χ2v) is 7.56. The van der Waals surface area contributed by atoms with E-state index in [1.54, 1.807) is 29.8 Å². The fourth-order valence-electron chi connectivity index (χ4n) is 3.07. The molecule has 0 spiro atoms. The van der Waals surface area contributed by atoms with E-state index in [-0.39, 0.29) is 5.91 Å². The average molecular weight is 395 g/mol. The predicted octanol–water partition coefficient (Wildman–Crippen LogP) is 2.78. The summed E-state index contributed by atoms with van der Waals surface area (Å²) in [6, 6.07) is 9.10. The largest absolute Gasteiger partial charge is 0.487 e. The molecule has 1 fully saturated rings. The summed E-state index contributed by atoms with van der Waals surface area (Å²) in [7, 11) is 0. The Morgan fingerprint density at radius 3 is 2.46 bits per heavy atom. The third-order valence-electron chi connectivity index (χ3n) is 4.56. The minimum absolute atomic E-state index is 0.0373. The molecule has 0 bridgehead atoms. The number of hydrogen-bond donors (Lipinski definition) is 0. The number of aryl methyl sites for hydroxylation is 1. The number of ether oxygens (including phenoxy) is 1. The highest BCUT2D eigenvalue weighted by molar-refractivity contribution is 7.09. The van der Waals surface area contributed by atoms with Gasteiger partial charge in [0, 0.05) is 49.5 Å². The minimum atomic E-state index is 0.0373. The second kappa shape index (κ2) is 8.35. The summed E-state index contributed by atoms with van der Waals surface area (Å²) in [5, 5.41) is 3.02. The fraction of sp³-hybridized carbons (Fsp3) is 0.300. The molecule has 144 valence electrons. The van der Waals surface area contributed by atoms with Crippen molar-refractivity contribution in [1.82, 2.24) is 19.9 Å². The Balaban J connectivity index is 1.31. The number of anilines is 1. The van der Waals surface area contributed by atoms with Crippen LogP contribution in [-0.4, -0.2) is 51.9 Å². The van der Waals surface area contributed by atoms with Crippen molar-refractivity contribution in [2.75, 3.05) is 31.1 Å². The zero-order valence-corrected chi connectivity index (χ0v) is 16.4. The molecule has 8 heteroatoms. The van der Waals surface area contributed by atoms with Gasteiger partial charge in [-0.05, 0) is 37.3 Å². The molecule has 1 amide bonds. The van der Waals surface area contributed by atoms with Crippen LogP contribution in [0.5, 0.6) is 5.75 Å². The molecule has 1 aliphatic heterocycles. The Morgan fingerprint density at radius 1 is 1.11 bits per heavy atom. The lowest BCUT2D eigenvalue weighted by molar-refractivity contribution is 0.0746. The van der Waals surface area contributed by atoms with Crippen LogP contribution >= 0.6 is 11.3 Å². The number of nitrogens with zero attached hydrogens (tertiary/aromatic N) is 5. The Morgan fingerprint density at radius 2 is 1.82 bits per heavy atom. The summed E-state index contributed by atoms with van der Waals surface area (Å²) in [4.78, 5) is 29.7. The number of benzene rings is 1. The van der Waals surface area contributed by atoms with Gasteiger partial charge in [-0.25, -0.2) is 15.0 Å². The molecule has 1 aliphatic rings. The lowest BCUT2D eigenvalue weighted by Crippen LogP contribution is -2.49. The zero-order valence-electron chi connectivity index (χ0n) is 15.6. The normalized spacial score (nSPS) is 14.2. The first-order valence-electron chi connectivity index (χ1n) is 9.14. The molecule has 0 saturated carbocycles. The van der Waals surface area contributed by atoms with E-state index in [2.05, 4.69) is 19.9 Å². The van der Waals surface area contributed by atoms with Crippen molar-refractivity contribution < 1.29 is 9.53 Å². The van der Waals surface area contributed by atoms with Crippen molar-refractivity contribution in [2.45, 2.75) is 13.5 Å². The van der Waals surface area contributed by atoms with Gasteiger partial charge in [0.2, 0.25) is 5.95 Å². The topological polar surface area (TPSA) is 71.5 Å². The van der Waals surface area contributed by atoms with Crippen LogP contribution in [0.2, 0.25) is 0 Å². The van der Waals surface area contributed by atoms with Crippen molar-refractivity contribution >= 4 is 23.2 Å².